The van der Waals surface area contributed by atoms with Crippen LogP contribution in [0.1, 0.15) is 20.3 Å². The number of aliphatic hydroxyl groups is 2. The molecule has 0 heterocycles. The van der Waals surface area contributed by atoms with E-state index in [1.165, 1.54) is 7.11 Å². The van der Waals surface area contributed by atoms with E-state index >= 15 is 0 Å². The minimum Gasteiger partial charge on any atom is -0.391 e. The van der Waals surface area contributed by atoms with Crippen molar-refractivity contribution in [1.82, 2.24) is 0 Å². The molecule has 0 aliphatic heterocycles. The van der Waals surface area contributed by atoms with Crippen molar-refractivity contribution in [3.63, 3.8) is 0 Å². The van der Waals surface area contributed by atoms with Crippen LogP contribution in [0.2, 0.25) is 0 Å². The number of aliphatic hydroxyl groups excluding tert-OH is 1. The molecule has 0 aromatic heterocycles. The maximum Gasteiger partial charge on any atom is 0.0800 e. The van der Waals surface area contributed by atoms with Crippen molar-refractivity contribution in [2.45, 2.75) is 32.0 Å². The van der Waals surface area contributed by atoms with Crippen molar-refractivity contribution in [3.05, 3.63) is 0 Å². The van der Waals surface area contributed by atoms with Crippen LogP contribution in [0.25, 0.3) is 0 Å². The molecule has 0 aromatic carbocycles. The van der Waals surface area contributed by atoms with Crippen LogP contribution in [0.3, 0.4) is 0 Å². The van der Waals surface area contributed by atoms with Gasteiger partial charge in [0.1, 0.15) is 0 Å². The Kier molecular flexibility index (Phi) is 3.86. The molecular formula is C7H16O3. The second-order valence-electron chi connectivity index (χ2n) is 3.13. The Morgan fingerprint density at radius 2 is 2.00 bits per heavy atom. The van der Waals surface area contributed by atoms with Gasteiger partial charge in [0.25, 0.3) is 0 Å². The van der Waals surface area contributed by atoms with Gasteiger partial charge in [-0.25, -0.2) is 0 Å². The first-order chi connectivity index (χ1) is 4.45. The van der Waals surface area contributed by atoms with Gasteiger partial charge in [0, 0.05) is 13.5 Å². The van der Waals surface area contributed by atoms with Gasteiger partial charge in [-0.15, -0.1) is 0 Å². The molecule has 0 aliphatic carbocycles. The summed E-state index contributed by atoms with van der Waals surface area (Å²) in [5.41, 5.74) is -0.808. The molecule has 3 nitrogen and oxygen atoms in total. The Labute approximate surface area is 61.6 Å². The average Bonchev–Trinajstić information content (AvgIpc) is 1.59. The SMILES string of the molecule is COCC(O)CC(C)(C)O. The zero-order valence-corrected chi connectivity index (χ0v) is 6.79. The largest absolute Gasteiger partial charge is 0.391 e. The number of hydrogen-bond acceptors (Lipinski definition) is 3. The number of hydrogen-bond donors (Lipinski definition) is 2. The Morgan fingerprint density at radius 3 is 2.30 bits per heavy atom. The summed E-state index contributed by atoms with van der Waals surface area (Å²) in [6, 6.07) is 0. The lowest BCUT2D eigenvalue weighted by Gasteiger charge is -2.20. The summed E-state index contributed by atoms with van der Waals surface area (Å²) in [5, 5.41) is 18.3. The third-order valence-electron chi connectivity index (χ3n) is 1.09. The predicted molar refractivity (Wildman–Crippen MR) is 38.8 cm³/mol. The molecule has 0 fully saturated rings. The second kappa shape index (κ2) is 3.91. The van der Waals surface area contributed by atoms with Crippen LogP contribution in [0.15, 0.2) is 0 Å². The van der Waals surface area contributed by atoms with E-state index in [4.69, 9.17) is 5.11 Å². The van der Waals surface area contributed by atoms with Crippen molar-refractivity contribution in [2.24, 2.45) is 0 Å². The molecule has 62 valence electrons. The molecule has 3 heteroatoms. The zero-order chi connectivity index (χ0) is 8.20. The molecule has 10 heavy (non-hydrogen) atoms. The Hall–Kier alpha value is -0.120. The summed E-state index contributed by atoms with van der Waals surface area (Å²) in [4.78, 5) is 0. The molecule has 0 radical (unpaired) electrons. The molecule has 0 saturated heterocycles. The maximum absolute atomic E-state index is 9.20. The predicted octanol–water partition coefficient (Wildman–Crippen LogP) is 0.155. The van der Waals surface area contributed by atoms with Gasteiger partial charge in [-0.2, -0.15) is 0 Å². The van der Waals surface area contributed by atoms with E-state index in [0.717, 1.165) is 0 Å². The molecule has 1 unspecified atom stereocenters. The van der Waals surface area contributed by atoms with Crippen molar-refractivity contribution in [3.8, 4) is 0 Å². The number of methoxy groups -OCH3 is 1. The number of rotatable bonds is 4. The first-order valence-corrected chi connectivity index (χ1v) is 3.35. The first kappa shape index (κ1) is 9.88. The Balaban J connectivity index is 3.47. The lowest BCUT2D eigenvalue weighted by Crippen LogP contribution is -2.28. The van der Waals surface area contributed by atoms with Crippen LogP contribution in [-0.2, 0) is 4.74 Å². The van der Waals surface area contributed by atoms with E-state index in [1.54, 1.807) is 13.8 Å². The Morgan fingerprint density at radius 1 is 1.50 bits per heavy atom. The van der Waals surface area contributed by atoms with Crippen molar-refractivity contribution >= 4 is 0 Å². The normalized spacial score (nSPS) is 15.3. The van der Waals surface area contributed by atoms with Gasteiger partial charge in [-0.05, 0) is 13.8 Å². The second-order valence-corrected chi connectivity index (χ2v) is 3.13. The maximum atomic E-state index is 9.20. The molecule has 0 saturated carbocycles. The summed E-state index contributed by atoms with van der Waals surface area (Å²) >= 11 is 0. The molecule has 2 N–H and O–H groups in total. The summed E-state index contributed by atoms with van der Waals surface area (Å²) in [6.07, 6.45) is -0.217. The van der Waals surface area contributed by atoms with E-state index in [1.807, 2.05) is 0 Å². The van der Waals surface area contributed by atoms with Gasteiger partial charge in [-0.3, -0.25) is 0 Å². The summed E-state index contributed by atoms with van der Waals surface area (Å²) < 4.78 is 4.69. The average molecular weight is 148 g/mol. The van der Waals surface area contributed by atoms with Crippen LogP contribution in [0.4, 0.5) is 0 Å². The van der Waals surface area contributed by atoms with Crippen LogP contribution >= 0.6 is 0 Å². The minimum absolute atomic E-state index is 0.282. The van der Waals surface area contributed by atoms with Gasteiger partial charge in [0.2, 0.25) is 0 Å². The third-order valence-corrected chi connectivity index (χ3v) is 1.09. The fourth-order valence-electron chi connectivity index (χ4n) is 0.828. The highest BCUT2D eigenvalue weighted by Crippen LogP contribution is 2.10. The summed E-state index contributed by atoms with van der Waals surface area (Å²) in [6.45, 7) is 3.60. The van der Waals surface area contributed by atoms with E-state index in [9.17, 15) is 5.11 Å². The fourth-order valence-corrected chi connectivity index (χ4v) is 0.828. The quantitative estimate of drug-likeness (QED) is 0.597. The highest BCUT2D eigenvalue weighted by molar-refractivity contribution is 4.70. The van der Waals surface area contributed by atoms with Crippen LogP contribution in [0.5, 0.6) is 0 Å². The van der Waals surface area contributed by atoms with Crippen molar-refractivity contribution < 1.29 is 14.9 Å². The standard InChI is InChI=1S/C7H16O3/c1-7(2,9)4-6(8)5-10-3/h6,8-9H,4-5H2,1-3H3. The Bertz CT molecular complexity index is 85.3. The van der Waals surface area contributed by atoms with E-state index in [-0.39, 0.29) is 6.61 Å². The fraction of sp³-hybridized carbons (Fsp3) is 1.00. The molecule has 0 spiro atoms. The molecule has 0 aromatic rings. The van der Waals surface area contributed by atoms with Gasteiger partial charge in [0.05, 0.1) is 18.3 Å². The third kappa shape index (κ3) is 6.01. The van der Waals surface area contributed by atoms with E-state index < -0.39 is 11.7 Å². The smallest absolute Gasteiger partial charge is 0.0800 e. The van der Waals surface area contributed by atoms with Gasteiger partial charge in [0.15, 0.2) is 0 Å². The lowest BCUT2D eigenvalue weighted by molar-refractivity contribution is -0.0118. The molecule has 1 atom stereocenters. The van der Waals surface area contributed by atoms with Gasteiger partial charge >= 0.3 is 0 Å². The lowest BCUT2D eigenvalue weighted by atomic mass is 10.0. The van der Waals surface area contributed by atoms with Crippen molar-refractivity contribution in [1.29, 1.82) is 0 Å². The van der Waals surface area contributed by atoms with E-state index in [0.29, 0.717) is 6.42 Å². The van der Waals surface area contributed by atoms with Crippen LogP contribution in [-0.4, -0.2) is 35.6 Å². The monoisotopic (exact) mass is 148 g/mol. The molecule has 0 aliphatic rings. The number of ether oxygens (including phenoxy) is 1. The first-order valence-electron chi connectivity index (χ1n) is 3.35. The van der Waals surface area contributed by atoms with Crippen molar-refractivity contribution in [2.75, 3.05) is 13.7 Å². The molecule has 0 rings (SSSR count). The summed E-state index contributed by atoms with van der Waals surface area (Å²) in [7, 11) is 1.52. The van der Waals surface area contributed by atoms with Crippen LogP contribution < -0.4 is 0 Å². The molecule has 0 bridgehead atoms. The van der Waals surface area contributed by atoms with Gasteiger partial charge in [-0.1, -0.05) is 0 Å². The highest BCUT2D eigenvalue weighted by Gasteiger charge is 2.17. The minimum atomic E-state index is -0.808. The topological polar surface area (TPSA) is 49.7 Å². The van der Waals surface area contributed by atoms with Crippen LogP contribution in [0, 0.1) is 0 Å². The molecule has 0 amide bonds. The summed E-state index contributed by atoms with van der Waals surface area (Å²) in [5.74, 6) is 0. The van der Waals surface area contributed by atoms with E-state index in [2.05, 4.69) is 4.74 Å². The molecular weight excluding hydrogens is 132 g/mol. The van der Waals surface area contributed by atoms with Gasteiger partial charge < -0.3 is 14.9 Å². The zero-order valence-electron chi connectivity index (χ0n) is 6.79. The highest BCUT2D eigenvalue weighted by atomic mass is 16.5.